The Morgan fingerprint density at radius 1 is 0.963 bits per heavy atom. The van der Waals surface area contributed by atoms with Crippen LogP contribution < -0.4 is 10.2 Å². The highest BCUT2D eigenvalue weighted by Crippen LogP contribution is 2.16. The molecule has 1 N–H and O–H groups in total. The van der Waals surface area contributed by atoms with Crippen molar-refractivity contribution in [3.63, 3.8) is 0 Å². The zero-order valence-corrected chi connectivity index (χ0v) is 15.9. The van der Waals surface area contributed by atoms with Crippen LogP contribution in [0.25, 0.3) is 0 Å². The van der Waals surface area contributed by atoms with Crippen molar-refractivity contribution in [2.24, 2.45) is 0 Å². The first-order valence-corrected chi connectivity index (χ1v) is 9.66. The quantitative estimate of drug-likeness (QED) is 0.848. The number of benzene rings is 2. The van der Waals surface area contributed by atoms with Crippen LogP contribution in [0.15, 0.2) is 54.6 Å². The van der Waals surface area contributed by atoms with Gasteiger partial charge in [-0.2, -0.15) is 0 Å². The molecular formula is C22H27N3O2. The lowest BCUT2D eigenvalue weighted by atomic mass is 10.1. The number of nitrogens with one attached hydrogen (secondary N) is 1. The van der Waals surface area contributed by atoms with Gasteiger partial charge in [0.2, 0.25) is 5.91 Å². The molecule has 3 rings (SSSR count). The summed E-state index contributed by atoms with van der Waals surface area (Å²) in [5, 5.41) is 2.92. The molecule has 1 fully saturated rings. The Hall–Kier alpha value is -2.82. The van der Waals surface area contributed by atoms with Gasteiger partial charge in [-0.3, -0.25) is 9.59 Å². The molecule has 27 heavy (non-hydrogen) atoms. The highest BCUT2D eigenvalue weighted by atomic mass is 16.2. The van der Waals surface area contributed by atoms with E-state index in [1.165, 1.54) is 6.42 Å². The molecule has 0 unspecified atom stereocenters. The van der Waals surface area contributed by atoms with Gasteiger partial charge in [0.05, 0.1) is 6.54 Å². The summed E-state index contributed by atoms with van der Waals surface area (Å²) in [5.41, 5.74) is 2.41. The highest BCUT2D eigenvalue weighted by molar-refractivity contribution is 5.96. The molecule has 0 aliphatic carbocycles. The normalized spacial score (nSPS) is 13.9. The fourth-order valence-electron chi connectivity index (χ4n) is 3.37. The van der Waals surface area contributed by atoms with Gasteiger partial charge < -0.3 is 15.1 Å². The monoisotopic (exact) mass is 365 g/mol. The van der Waals surface area contributed by atoms with Gasteiger partial charge in [0.1, 0.15) is 0 Å². The van der Waals surface area contributed by atoms with Crippen molar-refractivity contribution in [3.05, 3.63) is 60.2 Å². The third-order valence-electron chi connectivity index (χ3n) is 4.90. The Morgan fingerprint density at radius 2 is 1.63 bits per heavy atom. The van der Waals surface area contributed by atoms with Crippen molar-refractivity contribution in [1.29, 1.82) is 0 Å². The number of likely N-dealkylation sites (tertiary alicyclic amines) is 1. The highest BCUT2D eigenvalue weighted by Gasteiger charge is 2.18. The summed E-state index contributed by atoms with van der Waals surface area (Å²) in [4.78, 5) is 28.8. The maximum Gasteiger partial charge on any atom is 0.253 e. The molecule has 0 radical (unpaired) electrons. The van der Waals surface area contributed by atoms with Crippen LogP contribution >= 0.6 is 0 Å². The Kier molecular flexibility index (Phi) is 6.47. The molecule has 0 atom stereocenters. The number of rotatable bonds is 6. The Balaban J connectivity index is 1.57. The lowest BCUT2D eigenvalue weighted by molar-refractivity contribution is -0.115. The van der Waals surface area contributed by atoms with Crippen LogP contribution in [0.4, 0.5) is 11.4 Å². The van der Waals surface area contributed by atoms with E-state index < -0.39 is 0 Å². The summed E-state index contributed by atoms with van der Waals surface area (Å²) in [7, 11) is 0. The van der Waals surface area contributed by atoms with Gasteiger partial charge in [-0.05, 0) is 62.6 Å². The summed E-state index contributed by atoms with van der Waals surface area (Å²) >= 11 is 0. The van der Waals surface area contributed by atoms with E-state index in [1.54, 1.807) is 24.3 Å². The molecule has 2 aromatic rings. The van der Waals surface area contributed by atoms with Crippen molar-refractivity contribution in [1.82, 2.24) is 4.90 Å². The zero-order chi connectivity index (χ0) is 19.1. The summed E-state index contributed by atoms with van der Waals surface area (Å²) in [6.07, 6.45) is 3.36. The fourth-order valence-corrected chi connectivity index (χ4v) is 3.37. The predicted molar refractivity (Wildman–Crippen MR) is 109 cm³/mol. The molecule has 5 heteroatoms. The second-order valence-electron chi connectivity index (χ2n) is 6.83. The van der Waals surface area contributed by atoms with Crippen molar-refractivity contribution in [2.45, 2.75) is 26.2 Å². The summed E-state index contributed by atoms with van der Waals surface area (Å²) in [6, 6.07) is 17.1. The number of para-hydroxylation sites is 1. The lowest BCUT2D eigenvalue weighted by Gasteiger charge is -2.26. The molecule has 1 saturated heterocycles. The Morgan fingerprint density at radius 3 is 2.26 bits per heavy atom. The van der Waals surface area contributed by atoms with Gasteiger partial charge >= 0.3 is 0 Å². The van der Waals surface area contributed by atoms with Crippen LogP contribution in [-0.2, 0) is 4.79 Å². The van der Waals surface area contributed by atoms with Crippen LogP contribution in [0, 0.1) is 0 Å². The number of nitrogens with zero attached hydrogens (tertiary/aromatic N) is 2. The minimum absolute atomic E-state index is 0.0733. The first-order chi connectivity index (χ1) is 13.2. The average Bonchev–Trinajstić information content (AvgIpc) is 2.73. The molecule has 1 aliphatic rings. The molecule has 5 nitrogen and oxygen atoms in total. The third kappa shape index (κ3) is 5.09. The molecule has 0 spiro atoms. The van der Waals surface area contributed by atoms with Crippen LogP contribution in [0.1, 0.15) is 36.5 Å². The first kappa shape index (κ1) is 19.0. The number of anilines is 2. The molecule has 1 heterocycles. The zero-order valence-electron chi connectivity index (χ0n) is 15.9. The van der Waals surface area contributed by atoms with E-state index in [0.717, 1.165) is 38.2 Å². The van der Waals surface area contributed by atoms with Gasteiger partial charge in [-0.25, -0.2) is 0 Å². The third-order valence-corrected chi connectivity index (χ3v) is 4.90. The largest absolute Gasteiger partial charge is 0.362 e. The topological polar surface area (TPSA) is 52.7 Å². The summed E-state index contributed by atoms with van der Waals surface area (Å²) in [6.45, 7) is 4.74. The number of carbonyl (C=O) groups is 2. The molecule has 0 bridgehead atoms. The van der Waals surface area contributed by atoms with Crippen molar-refractivity contribution < 1.29 is 9.59 Å². The smallest absolute Gasteiger partial charge is 0.253 e. The molecule has 0 aromatic heterocycles. The van der Waals surface area contributed by atoms with Crippen LogP contribution in [-0.4, -0.2) is 42.9 Å². The van der Waals surface area contributed by atoms with Gasteiger partial charge in [0, 0.05) is 36.6 Å². The lowest BCUT2D eigenvalue weighted by Crippen LogP contribution is -2.35. The molecule has 2 amide bonds. The minimum atomic E-state index is -0.0733. The Labute approximate surface area is 161 Å². The molecule has 1 aliphatic heterocycles. The second kappa shape index (κ2) is 9.21. The number of amides is 2. The van der Waals surface area contributed by atoms with Crippen molar-refractivity contribution >= 4 is 23.2 Å². The average molecular weight is 365 g/mol. The maximum absolute atomic E-state index is 12.5. The number of hydrogen-bond acceptors (Lipinski definition) is 3. The van der Waals surface area contributed by atoms with Gasteiger partial charge in [-0.15, -0.1) is 0 Å². The molecule has 2 aromatic carbocycles. The first-order valence-electron chi connectivity index (χ1n) is 9.66. The van der Waals surface area contributed by atoms with E-state index >= 15 is 0 Å². The predicted octanol–water partition coefficient (Wildman–Crippen LogP) is 3.78. The van der Waals surface area contributed by atoms with E-state index in [0.29, 0.717) is 11.3 Å². The van der Waals surface area contributed by atoms with Gasteiger partial charge in [0.25, 0.3) is 5.91 Å². The van der Waals surface area contributed by atoms with E-state index in [4.69, 9.17) is 0 Å². The standard InChI is InChI=1S/C22H27N3O2/c1-2-24(20-9-5-3-6-10-20)17-21(26)23-19-13-11-18(12-14-19)22(27)25-15-7-4-8-16-25/h3,5-6,9-14H,2,4,7-8,15-17H2,1H3,(H,23,26). The van der Waals surface area contributed by atoms with E-state index in [1.807, 2.05) is 47.1 Å². The number of carbonyl (C=O) groups excluding carboxylic acids is 2. The molecular weight excluding hydrogens is 338 g/mol. The Bertz CT molecular complexity index is 753. The van der Waals surface area contributed by atoms with Crippen molar-refractivity contribution in [3.8, 4) is 0 Å². The minimum Gasteiger partial charge on any atom is -0.362 e. The van der Waals surface area contributed by atoms with E-state index in [-0.39, 0.29) is 18.4 Å². The van der Waals surface area contributed by atoms with Crippen LogP contribution in [0.5, 0.6) is 0 Å². The van der Waals surface area contributed by atoms with Crippen LogP contribution in [0.3, 0.4) is 0 Å². The van der Waals surface area contributed by atoms with E-state index in [2.05, 4.69) is 5.32 Å². The summed E-state index contributed by atoms with van der Waals surface area (Å²) in [5.74, 6) is 0.00428. The number of hydrogen-bond donors (Lipinski definition) is 1. The molecule has 0 saturated carbocycles. The molecule has 142 valence electrons. The van der Waals surface area contributed by atoms with Gasteiger partial charge in [-0.1, -0.05) is 18.2 Å². The SMILES string of the molecule is CCN(CC(=O)Nc1ccc(C(=O)N2CCCCC2)cc1)c1ccccc1. The number of piperidine rings is 1. The van der Waals surface area contributed by atoms with Gasteiger partial charge in [0.15, 0.2) is 0 Å². The van der Waals surface area contributed by atoms with Crippen LogP contribution in [0.2, 0.25) is 0 Å². The van der Waals surface area contributed by atoms with Crippen molar-refractivity contribution in [2.75, 3.05) is 36.4 Å². The second-order valence-corrected chi connectivity index (χ2v) is 6.83. The fraction of sp³-hybridized carbons (Fsp3) is 0.364. The van der Waals surface area contributed by atoms with E-state index in [9.17, 15) is 9.59 Å². The maximum atomic E-state index is 12.5. The number of likely N-dealkylation sites (N-methyl/N-ethyl adjacent to an activating group) is 1. The summed E-state index contributed by atoms with van der Waals surface area (Å²) < 4.78 is 0.